The van der Waals surface area contributed by atoms with Gasteiger partial charge in [0, 0.05) is 23.9 Å². The first-order chi connectivity index (χ1) is 7.86. The molecule has 0 amide bonds. The normalized spacial score (nSPS) is 11.1. The Balaban J connectivity index is 2.41. The van der Waals surface area contributed by atoms with Crippen LogP contribution in [0.25, 0.3) is 11.0 Å². The van der Waals surface area contributed by atoms with Gasteiger partial charge < -0.3 is 9.73 Å². The summed E-state index contributed by atoms with van der Waals surface area (Å²) in [6.07, 6.45) is 3.44. The first-order valence-electron chi connectivity index (χ1n) is 6.00. The molecule has 0 fully saturated rings. The fourth-order valence-corrected chi connectivity index (χ4v) is 2.06. The van der Waals surface area contributed by atoms with Gasteiger partial charge in [0.15, 0.2) is 0 Å². The van der Waals surface area contributed by atoms with E-state index in [-0.39, 0.29) is 0 Å². The maximum absolute atomic E-state index is 5.91. The number of para-hydroxylation sites is 1. The first-order valence-corrected chi connectivity index (χ1v) is 6.00. The van der Waals surface area contributed by atoms with Crippen molar-refractivity contribution in [1.29, 1.82) is 0 Å². The summed E-state index contributed by atoms with van der Waals surface area (Å²) in [5, 5.41) is 4.47. The van der Waals surface area contributed by atoms with Crippen LogP contribution < -0.4 is 5.32 Å². The average Bonchev–Trinajstić information content (AvgIpc) is 2.66. The van der Waals surface area contributed by atoms with E-state index in [2.05, 4.69) is 24.4 Å². The molecule has 16 heavy (non-hydrogen) atoms. The molecule has 1 aromatic carbocycles. The Bertz CT molecular complexity index is 459. The van der Waals surface area contributed by atoms with Gasteiger partial charge in [-0.05, 0) is 19.5 Å². The number of nitrogens with one attached hydrogen (secondary N) is 1. The van der Waals surface area contributed by atoms with E-state index in [1.54, 1.807) is 0 Å². The lowest BCUT2D eigenvalue weighted by atomic mass is 10.1. The maximum Gasteiger partial charge on any atom is 0.134 e. The molecule has 0 radical (unpaired) electrons. The molecule has 2 nitrogen and oxygen atoms in total. The first kappa shape index (κ1) is 11.2. The van der Waals surface area contributed by atoms with E-state index in [4.69, 9.17) is 4.42 Å². The van der Waals surface area contributed by atoms with Crippen LogP contribution in [0.1, 0.15) is 31.1 Å². The predicted molar refractivity (Wildman–Crippen MR) is 67.6 cm³/mol. The minimum atomic E-state index is 0.885. The summed E-state index contributed by atoms with van der Waals surface area (Å²) in [5.41, 5.74) is 2.34. The van der Waals surface area contributed by atoms with Crippen LogP contribution in [-0.4, -0.2) is 7.05 Å². The zero-order chi connectivity index (χ0) is 11.4. The third kappa shape index (κ3) is 2.12. The maximum atomic E-state index is 5.91. The Morgan fingerprint density at radius 3 is 2.81 bits per heavy atom. The van der Waals surface area contributed by atoms with E-state index in [9.17, 15) is 0 Å². The highest BCUT2D eigenvalue weighted by Gasteiger charge is 2.12. The average molecular weight is 217 g/mol. The molecule has 0 bridgehead atoms. The molecule has 1 aromatic heterocycles. The standard InChI is InChI=1S/C14H19NO/c1-3-4-8-14-12(10-15-2)11-7-5-6-9-13(11)16-14/h5-7,9,15H,3-4,8,10H2,1-2H3. The zero-order valence-corrected chi connectivity index (χ0v) is 10.0. The molecule has 0 saturated carbocycles. The topological polar surface area (TPSA) is 25.2 Å². The van der Waals surface area contributed by atoms with E-state index in [0.29, 0.717) is 0 Å². The van der Waals surface area contributed by atoms with Gasteiger partial charge in [0.25, 0.3) is 0 Å². The van der Waals surface area contributed by atoms with E-state index < -0.39 is 0 Å². The second-order valence-corrected chi connectivity index (χ2v) is 4.13. The number of aryl methyl sites for hydroxylation is 1. The number of hydrogen-bond donors (Lipinski definition) is 1. The van der Waals surface area contributed by atoms with Crippen molar-refractivity contribution >= 4 is 11.0 Å². The Hall–Kier alpha value is -1.28. The summed E-state index contributed by atoms with van der Waals surface area (Å²) >= 11 is 0. The monoisotopic (exact) mass is 217 g/mol. The summed E-state index contributed by atoms with van der Waals surface area (Å²) in [6, 6.07) is 8.28. The molecule has 0 aliphatic heterocycles. The number of benzene rings is 1. The molecule has 2 aromatic rings. The van der Waals surface area contributed by atoms with Crippen LogP contribution in [0.3, 0.4) is 0 Å². The molecule has 0 aliphatic rings. The highest BCUT2D eigenvalue weighted by atomic mass is 16.3. The van der Waals surface area contributed by atoms with E-state index >= 15 is 0 Å². The van der Waals surface area contributed by atoms with Crippen LogP contribution in [0, 0.1) is 0 Å². The summed E-state index contributed by atoms with van der Waals surface area (Å²) in [5.74, 6) is 1.15. The fraction of sp³-hybridized carbons (Fsp3) is 0.429. The molecule has 86 valence electrons. The van der Waals surface area contributed by atoms with Gasteiger partial charge in [0.2, 0.25) is 0 Å². The van der Waals surface area contributed by atoms with Gasteiger partial charge in [0.1, 0.15) is 11.3 Å². The fourth-order valence-electron chi connectivity index (χ4n) is 2.06. The number of unbranched alkanes of at least 4 members (excludes halogenated alkanes) is 1. The van der Waals surface area contributed by atoms with Crippen LogP contribution in [0.2, 0.25) is 0 Å². The third-order valence-electron chi connectivity index (χ3n) is 2.89. The van der Waals surface area contributed by atoms with Gasteiger partial charge in [-0.15, -0.1) is 0 Å². The molecule has 0 atom stereocenters. The molecule has 1 heterocycles. The van der Waals surface area contributed by atoms with Crippen molar-refractivity contribution in [2.45, 2.75) is 32.7 Å². The van der Waals surface area contributed by atoms with Crippen LogP contribution in [-0.2, 0) is 13.0 Å². The molecule has 0 saturated heterocycles. The van der Waals surface area contributed by atoms with Crippen LogP contribution in [0.15, 0.2) is 28.7 Å². The molecule has 2 heteroatoms. The third-order valence-corrected chi connectivity index (χ3v) is 2.89. The smallest absolute Gasteiger partial charge is 0.134 e. The summed E-state index contributed by atoms with van der Waals surface area (Å²) in [6.45, 7) is 3.09. The van der Waals surface area contributed by atoms with Crippen molar-refractivity contribution in [3.63, 3.8) is 0 Å². The lowest BCUT2D eigenvalue weighted by Gasteiger charge is -2.01. The SMILES string of the molecule is CCCCc1oc2ccccc2c1CNC. The lowest BCUT2D eigenvalue weighted by molar-refractivity contribution is 0.527. The van der Waals surface area contributed by atoms with Crippen LogP contribution in [0.5, 0.6) is 0 Å². The van der Waals surface area contributed by atoms with E-state index in [1.165, 1.54) is 23.8 Å². The highest BCUT2D eigenvalue weighted by Crippen LogP contribution is 2.26. The minimum absolute atomic E-state index is 0.885. The second-order valence-electron chi connectivity index (χ2n) is 4.13. The summed E-state index contributed by atoms with van der Waals surface area (Å²) < 4.78 is 5.91. The number of fused-ring (bicyclic) bond motifs is 1. The Labute approximate surface area is 96.6 Å². The Kier molecular flexibility index (Phi) is 3.62. The molecule has 1 N–H and O–H groups in total. The molecular weight excluding hydrogens is 198 g/mol. The summed E-state index contributed by atoms with van der Waals surface area (Å²) in [7, 11) is 1.98. The summed E-state index contributed by atoms with van der Waals surface area (Å²) in [4.78, 5) is 0. The largest absolute Gasteiger partial charge is 0.461 e. The number of hydrogen-bond acceptors (Lipinski definition) is 2. The molecule has 0 unspecified atom stereocenters. The molecule has 0 aliphatic carbocycles. The van der Waals surface area contributed by atoms with Crippen molar-refractivity contribution in [2.75, 3.05) is 7.05 Å². The molecule has 2 rings (SSSR count). The van der Waals surface area contributed by atoms with E-state index in [0.717, 1.165) is 24.3 Å². The van der Waals surface area contributed by atoms with Gasteiger partial charge in [-0.2, -0.15) is 0 Å². The quantitative estimate of drug-likeness (QED) is 0.829. The van der Waals surface area contributed by atoms with Crippen molar-refractivity contribution in [3.8, 4) is 0 Å². The Morgan fingerprint density at radius 2 is 2.06 bits per heavy atom. The lowest BCUT2D eigenvalue weighted by Crippen LogP contribution is -2.06. The van der Waals surface area contributed by atoms with Crippen molar-refractivity contribution in [1.82, 2.24) is 5.32 Å². The minimum Gasteiger partial charge on any atom is -0.461 e. The number of rotatable bonds is 5. The van der Waals surface area contributed by atoms with Crippen LogP contribution in [0.4, 0.5) is 0 Å². The number of furan rings is 1. The van der Waals surface area contributed by atoms with Gasteiger partial charge in [-0.25, -0.2) is 0 Å². The van der Waals surface area contributed by atoms with Gasteiger partial charge >= 0.3 is 0 Å². The van der Waals surface area contributed by atoms with E-state index in [1.807, 2.05) is 19.2 Å². The van der Waals surface area contributed by atoms with Gasteiger partial charge in [-0.1, -0.05) is 31.5 Å². The molecular formula is C14H19NO. The predicted octanol–water partition coefficient (Wildman–Crippen LogP) is 3.49. The zero-order valence-electron chi connectivity index (χ0n) is 10.0. The van der Waals surface area contributed by atoms with Gasteiger partial charge in [0.05, 0.1) is 0 Å². The second kappa shape index (κ2) is 5.17. The van der Waals surface area contributed by atoms with Gasteiger partial charge in [-0.3, -0.25) is 0 Å². The van der Waals surface area contributed by atoms with Crippen LogP contribution >= 0.6 is 0 Å². The molecule has 0 spiro atoms. The van der Waals surface area contributed by atoms with Crippen molar-refractivity contribution in [3.05, 3.63) is 35.6 Å². The van der Waals surface area contributed by atoms with Crippen molar-refractivity contribution in [2.24, 2.45) is 0 Å². The van der Waals surface area contributed by atoms with Crippen molar-refractivity contribution < 1.29 is 4.42 Å². The highest BCUT2D eigenvalue weighted by molar-refractivity contribution is 5.82. The Morgan fingerprint density at radius 1 is 1.25 bits per heavy atom.